The van der Waals surface area contributed by atoms with Gasteiger partial charge in [0.1, 0.15) is 11.2 Å². The smallest absolute Gasteiger partial charge is 0.403 e. The van der Waals surface area contributed by atoms with Gasteiger partial charge in [-0.3, -0.25) is 4.79 Å². The van der Waals surface area contributed by atoms with Crippen LogP contribution < -0.4 is 11.3 Å². The fourth-order valence-corrected chi connectivity index (χ4v) is 2.85. The molecule has 0 radical (unpaired) electrons. The van der Waals surface area contributed by atoms with E-state index in [9.17, 15) is 18.0 Å². The minimum absolute atomic E-state index is 0.0905. The molecule has 1 aromatic carbocycles. The lowest BCUT2D eigenvalue weighted by molar-refractivity contribution is -0.140. The molecule has 27 heavy (non-hydrogen) atoms. The van der Waals surface area contributed by atoms with Crippen molar-refractivity contribution < 1.29 is 17.6 Å². The number of nitrogens with one attached hydrogen (secondary N) is 1. The summed E-state index contributed by atoms with van der Waals surface area (Å²) in [5.74, 6) is -0.210. The van der Waals surface area contributed by atoms with Gasteiger partial charge in [-0.2, -0.15) is 22.8 Å². The van der Waals surface area contributed by atoms with Crippen molar-refractivity contribution in [2.75, 3.05) is 5.73 Å². The predicted octanol–water partition coefficient (Wildman–Crippen LogP) is 2.65. The molecule has 4 aromatic rings. The number of benzene rings is 1. The molecule has 0 fully saturated rings. The Balaban J connectivity index is 2.10. The minimum Gasteiger partial charge on any atom is -0.403 e. The number of H-pyrrole nitrogens is 1. The Morgan fingerprint density at radius 3 is 2.44 bits per heavy atom. The Hall–Kier alpha value is -3.63. The molecule has 0 aliphatic carbocycles. The summed E-state index contributed by atoms with van der Waals surface area (Å²) in [5, 5.41) is 10.6. The molecule has 4 rings (SSSR count). The second kappa shape index (κ2) is 5.69. The second-order valence-corrected chi connectivity index (χ2v) is 5.72. The Morgan fingerprint density at radius 1 is 1.15 bits per heavy atom. The third-order valence-electron chi connectivity index (χ3n) is 3.96. The van der Waals surface area contributed by atoms with Gasteiger partial charge in [0.15, 0.2) is 5.69 Å². The van der Waals surface area contributed by atoms with Crippen LogP contribution in [0.1, 0.15) is 11.4 Å². The van der Waals surface area contributed by atoms with Crippen molar-refractivity contribution in [3.63, 3.8) is 0 Å². The highest BCUT2D eigenvalue weighted by Gasteiger charge is 2.39. The predicted molar refractivity (Wildman–Crippen MR) is 88.7 cm³/mol. The summed E-state index contributed by atoms with van der Waals surface area (Å²) in [6.45, 7) is 1.51. The van der Waals surface area contributed by atoms with Crippen LogP contribution in [0.15, 0.2) is 39.5 Å². The molecule has 0 aliphatic heterocycles. The van der Waals surface area contributed by atoms with Crippen LogP contribution in [0.2, 0.25) is 0 Å². The normalized spacial score (nSPS) is 12.0. The van der Waals surface area contributed by atoms with E-state index in [0.717, 1.165) is 0 Å². The van der Waals surface area contributed by atoms with E-state index in [1.165, 1.54) is 19.1 Å². The highest BCUT2D eigenvalue weighted by atomic mass is 19.4. The zero-order valence-electron chi connectivity index (χ0n) is 13.7. The number of aromatic amines is 1. The molecule has 0 atom stereocenters. The van der Waals surface area contributed by atoms with Gasteiger partial charge in [0.05, 0.1) is 5.56 Å². The number of nitrogens with two attached hydrogens (primary N) is 1. The van der Waals surface area contributed by atoms with Gasteiger partial charge in [-0.15, -0.1) is 5.10 Å². The lowest BCUT2D eigenvalue weighted by atomic mass is 10.1. The van der Waals surface area contributed by atoms with Gasteiger partial charge in [0.25, 0.3) is 11.4 Å². The van der Waals surface area contributed by atoms with Crippen LogP contribution in [0.5, 0.6) is 0 Å². The van der Waals surface area contributed by atoms with Gasteiger partial charge in [-0.25, -0.2) is 0 Å². The van der Waals surface area contributed by atoms with Gasteiger partial charge in [-0.1, -0.05) is 35.4 Å². The summed E-state index contributed by atoms with van der Waals surface area (Å²) in [6, 6.07) is 7.61. The Bertz CT molecular complexity index is 1210. The van der Waals surface area contributed by atoms with Crippen molar-refractivity contribution in [2.45, 2.75) is 13.1 Å². The Labute approximate surface area is 148 Å². The fraction of sp³-hybridized carbons (Fsp3) is 0.125. The summed E-state index contributed by atoms with van der Waals surface area (Å²) < 4.78 is 46.4. The molecule has 0 spiro atoms. The first-order chi connectivity index (χ1) is 12.8. The summed E-state index contributed by atoms with van der Waals surface area (Å²) in [6.07, 6.45) is -4.76. The van der Waals surface area contributed by atoms with Gasteiger partial charge < -0.3 is 15.1 Å². The lowest BCUT2D eigenvalue weighted by Gasteiger charge is -2.07. The maximum Gasteiger partial charge on any atom is 0.435 e. The number of aromatic nitrogens is 5. The molecule has 11 heteroatoms. The van der Waals surface area contributed by atoms with Crippen molar-refractivity contribution in [3.05, 3.63) is 52.1 Å². The summed E-state index contributed by atoms with van der Waals surface area (Å²) in [4.78, 5) is 15.6. The topological polar surface area (TPSA) is 115 Å². The number of nitrogen functional groups attached to an aromatic ring is 1. The molecule has 3 heterocycles. The molecule has 3 N–H and O–H groups in total. The van der Waals surface area contributed by atoms with E-state index in [-0.39, 0.29) is 39.9 Å². The van der Waals surface area contributed by atoms with Crippen LogP contribution in [-0.4, -0.2) is 24.8 Å². The highest BCUT2D eigenvalue weighted by molar-refractivity contribution is 5.81. The fourth-order valence-electron chi connectivity index (χ4n) is 2.85. The minimum atomic E-state index is -4.76. The maximum atomic E-state index is 13.6. The number of nitrogens with zero attached hydrogens (tertiary/aromatic N) is 4. The number of fused-ring (bicyclic) bond motifs is 1. The number of aryl methyl sites for hydroxylation is 1. The molecule has 0 saturated heterocycles. The van der Waals surface area contributed by atoms with E-state index in [2.05, 4.69) is 20.3 Å². The summed E-state index contributed by atoms with van der Waals surface area (Å²) in [7, 11) is 0. The van der Waals surface area contributed by atoms with Crippen LogP contribution >= 0.6 is 0 Å². The Kier molecular flexibility index (Phi) is 3.54. The van der Waals surface area contributed by atoms with Gasteiger partial charge in [0.2, 0.25) is 0 Å². The monoisotopic (exact) mass is 376 g/mol. The van der Waals surface area contributed by atoms with Gasteiger partial charge in [0, 0.05) is 5.69 Å². The van der Waals surface area contributed by atoms with E-state index < -0.39 is 17.4 Å². The van der Waals surface area contributed by atoms with Crippen LogP contribution in [0.4, 0.5) is 19.2 Å². The van der Waals surface area contributed by atoms with E-state index in [4.69, 9.17) is 10.2 Å². The number of anilines is 1. The average molecular weight is 376 g/mol. The van der Waals surface area contributed by atoms with Crippen LogP contribution in [0.25, 0.3) is 28.2 Å². The van der Waals surface area contributed by atoms with E-state index in [1.54, 1.807) is 18.2 Å². The number of alkyl halides is 3. The molecule has 8 nitrogen and oxygen atoms in total. The third kappa shape index (κ3) is 2.63. The number of rotatable bonds is 2. The first kappa shape index (κ1) is 16.8. The Morgan fingerprint density at radius 2 is 1.85 bits per heavy atom. The maximum absolute atomic E-state index is 13.6. The lowest BCUT2D eigenvalue weighted by Crippen LogP contribution is -2.20. The van der Waals surface area contributed by atoms with Crippen LogP contribution in [0, 0.1) is 6.92 Å². The number of halogens is 3. The average Bonchev–Trinajstić information content (AvgIpc) is 3.19. The zero-order valence-corrected chi connectivity index (χ0v) is 13.7. The highest BCUT2D eigenvalue weighted by Crippen LogP contribution is 2.38. The number of hydrogen-bond acceptors (Lipinski definition) is 6. The third-order valence-corrected chi connectivity index (χ3v) is 3.96. The summed E-state index contributed by atoms with van der Waals surface area (Å²) >= 11 is 0. The van der Waals surface area contributed by atoms with Crippen LogP contribution in [0.3, 0.4) is 0 Å². The first-order valence-corrected chi connectivity index (χ1v) is 7.65. The first-order valence-electron chi connectivity index (χ1n) is 7.65. The second-order valence-electron chi connectivity index (χ2n) is 5.72. The zero-order chi connectivity index (χ0) is 19.3. The summed E-state index contributed by atoms with van der Waals surface area (Å²) in [5.41, 5.74) is 3.44. The van der Waals surface area contributed by atoms with E-state index in [1.807, 2.05) is 0 Å². The van der Waals surface area contributed by atoms with Crippen molar-refractivity contribution in [3.8, 4) is 22.6 Å². The number of hydrogen-bond donors (Lipinski definition) is 2. The molecule has 138 valence electrons. The van der Waals surface area contributed by atoms with Crippen molar-refractivity contribution >= 4 is 11.7 Å². The van der Waals surface area contributed by atoms with E-state index >= 15 is 0 Å². The standard InChI is InChI=1S/C16H11F3N6O2/c1-7-9(13-22-23-15(20)27-13)14(26)25-12(21-7)10(8-5-3-2-4-6-8)11(24-25)16(17,18)19/h2-6,21H,1H3,(H2,20,23). The molecule has 0 unspecified atom stereocenters. The molecule has 0 bridgehead atoms. The molecule has 0 amide bonds. The van der Waals surface area contributed by atoms with Gasteiger partial charge >= 0.3 is 12.2 Å². The molecule has 0 aliphatic rings. The van der Waals surface area contributed by atoms with Crippen molar-refractivity contribution in [1.29, 1.82) is 0 Å². The van der Waals surface area contributed by atoms with Gasteiger partial charge in [-0.05, 0) is 12.5 Å². The molecular formula is C16H11F3N6O2. The SMILES string of the molecule is Cc1[nH]c2c(-c3ccccc3)c(C(F)(F)F)nn2c(=O)c1-c1nnc(N)o1. The van der Waals surface area contributed by atoms with Crippen LogP contribution in [-0.2, 0) is 6.18 Å². The molecular weight excluding hydrogens is 365 g/mol. The largest absolute Gasteiger partial charge is 0.435 e. The van der Waals surface area contributed by atoms with Crippen molar-refractivity contribution in [1.82, 2.24) is 24.8 Å². The molecule has 0 saturated carbocycles. The van der Waals surface area contributed by atoms with Crippen molar-refractivity contribution in [2.24, 2.45) is 0 Å². The quantitative estimate of drug-likeness (QED) is 0.556. The molecule has 3 aromatic heterocycles. The van der Waals surface area contributed by atoms with E-state index in [0.29, 0.717) is 4.52 Å².